The Balaban J connectivity index is 1.37. The van der Waals surface area contributed by atoms with Gasteiger partial charge in [-0.1, -0.05) is 37.1 Å². The smallest absolute Gasteiger partial charge is 0.229 e. The van der Waals surface area contributed by atoms with Gasteiger partial charge in [-0.3, -0.25) is 0 Å². The molecule has 2 aromatic carbocycles. The Hall–Kier alpha value is -3.34. The predicted octanol–water partition coefficient (Wildman–Crippen LogP) is 6.02. The van der Waals surface area contributed by atoms with Crippen molar-refractivity contribution in [2.45, 2.75) is 38.6 Å². The number of nitrogens with one attached hydrogen (secondary N) is 2. The lowest BCUT2D eigenvalue weighted by atomic mass is 10.0. The first-order valence-electron chi connectivity index (χ1n) is 10.8. The number of fused-ring (bicyclic) bond motifs is 4. The molecule has 150 valence electrons. The average Bonchev–Trinajstić information content (AvgIpc) is 3.42. The molecule has 0 saturated heterocycles. The van der Waals surface area contributed by atoms with E-state index in [1.165, 1.54) is 42.0 Å². The van der Waals surface area contributed by atoms with E-state index in [9.17, 15) is 0 Å². The van der Waals surface area contributed by atoms with Crippen LogP contribution in [0.5, 0.6) is 0 Å². The van der Waals surface area contributed by atoms with E-state index in [0.717, 1.165) is 34.6 Å². The van der Waals surface area contributed by atoms with Gasteiger partial charge in [-0.15, -0.1) is 0 Å². The number of hydrogen-bond acceptors (Lipinski definition) is 4. The number of H-pyrrole nitrogens is 1. The molecule has 0 unspecified atom stereocenters. The van der Waals surface area contributed by atoms with Crippen molar-refractivity contribution in [3.05, 3.63) is 60.3 Å². The van der Waals surface area contributed by atoms with Crippen LogP contribution in [-0.4, -0.2) is 27.5 Å². The largest absolute Gasteiger partial charge is 0.355 e. The third-order valence-corrected chi connectivity index (χ3v) is 6.59. The molecule has 5 nitrogen and oxygen atoms in total. The molecule has 0 bridgehead atoms. The van der Waals surface area contributed by atoms with Crippen LogP contribution in [0.3, 0.4) is 0 Å². The maximum Gasteiger partial charge on any atom is 0.229 e. The molecule has 1 aliphatic heterocycles. The van der Waals surface area contributed by atoms with E-state index in [-0.39, 0.29) is 0 Å². The van der Waals surface area contributed by atoms with Crippen molar-refractivity contribution < 1.29 is 0 Å². The molecule has 0 radical (unpaired) electrons. The Morgan fingerprint density at radius 3 is 2.77 bits per heavy atom. The summed E-state index contributed by atoms with van der Waals surface area (Å²) in [5, 5.41) is 5.88. The van der Waals surface area contributed by atoms with Gasteiger partial charge in [0.2, 0.25) is 5.95 Å². The lowest BCUT2D eigenvalue weighted by Crippen LogP contribution is -2.36. The zero-order chi connectivity index (χ0) is 20.1. The molecule has 1 fully saturated rings. The number of hydrogen-bond donors (Lipinski definition) is 2. The van der Waals surface area contributed by atoms with Crippen molar-refractivity contribution in [3.63, 3.8) is 0 Å². The standard InChI is InChI=1S/C25H25N5/c1-16-12-13-30(18-6-2-3-7-18)24-21(16)15-26-25(29-24)27-17-10-11-23-20(14-17)19-8-4-5-9-22(19)28-23/h4-5,8-12,14-15,18,28H,2-3,6-7,13H2,1H3,(H,26,27,29). The molecule has 1 saturated carbocycles. The maximum absolute atomic E-state index is 4.97. The van der Waals surface area contributed by atoms with Crippen molar-refractivity contribution >= 4 is 44.8 Å². The number of anilines is 3. The van der Waals surface area contributed by atoms with E-state index in [1.54, 1.807) is 0 Å². The lowest BCUT2D eigenvalue weighted by Gasteiger charge is -2.34. The van der Waals surface area contributed by atoms with Crippen LogP contribution in [0, 0.1) is 0 Å². The van der Waals surface area contributed by atoms with Gasteiger partial charge in [0.15, 0.2) is 0 Å². The van der Waals surface area contributed by atoms with Crippen LogP contribution >= 0.6 is 0 Å². The fourth-order valence-electron chi connectivity index (χ4n) is 4.95. The number of allylic oxidation sites excluding steroid dienone is 1. The number of aromatic nitrogens is 3. The van der Waals surface area contributed by atoms with Crippen molar-refractivity contribution in [1.29, 1.82) is 0 Å². The van der Waals surface area contributed by atoms with Crippen LogP contribution in [0.1, 0.15) is 38.2 Å². The Morgan fingerprint density at radius 2 is 1.87 bits per heavy atom. The third-order valence-electron chi connectivity index (χ3n) is 6.59. The summed E-state index contributed by atoms with van der Waals surface area (Å²) in [6.45, 7) is 3.10. The highest BCUT2D eigenvalue weighted by Crippen LogP contribution is 2.36. The SMILES string of the molecule is CC1=CCN(C2CCCC2)c2nc(Nc3ccc4[nH]c5ccccc5c4c3)ncc21. The quantitative estimate of drug-likeness (QED) is 0.445. The minimum atomic E-state index is 0.596. The second kappa shape index (κ2) is 6.87. The number of benzene rings is 2. The molecule has 4 aromatic rings. The Morgan fingerprint density at radius 1 is 1.03 bits per heavy atom. The van der Waals surface area contributed by atoms with Crippen molar-refractivity contribution in [1.82, 2.24) is 15.0 Å². The minimum absolute atomic E-state index is 0.596. The summed E-state index contributed by atoms with van der Waals surface area (Å²) in [5.74, 6) is 1.73. The van der Waals surface area contributed by atoms with Crippen LogP contribution in [0.25, 0.3) is 27.4 Å². The highest BCUT2D eigenvalue weighted by molar-refractivity contribution is 6.08. The number of aromatic amines is 1. The summed E-state index contributed by atoms with van der Waals surface area (Å²) >= 11 is 0. The zero-order valence-electron chi connectivity index (χ0n) is 17.2. The molecular formula is C25H25N5. The van der Waals surface area contributed by atoms with E-state index in [2.05, 4.69) is 75.6 Å². The monoisotopic (exact) mass is 395 g/mol. The highest BCUT2D eigenvalue weighted by atomic mass is 15.3. The van der Waals surface area contributed by atoms with Crippen LogP contribution in [-0.2, 0) is 0 Å². The molecule has 2 aromatic heterocycles. The lowest BCUT2D eigenvalue weighted by molar-refractivity contribution is 0.621. The molecule has 0 spiro atoms. The van der Waals surface area contributed by atoms with Gasteiger partial charge < -0.3 is 15.2 Å². The Labute approximate surface area is 175 Å². The molecule has 1 aliphatic carbocycles. The van der Waals surface area contributed by atoms with Gasteiger partial charge in [0.1, 0.15) is 5.82 Å². The summed E-state index contributed by atoms with van der Waals surface area (Å²) in [6.07, 6.45) is 9.44. The molecule has 5 heteroatoms. The van der Waals surface area contributed by atoms with Gasteiger partial charge in [0.05, 0.1) is 0 Å². The van der Waals surface area contributed by atoms with Crippen molar-refractivity contribution in [3.8, 4) is 0 Å². The van der Waals surface area contributed by atoms with E-state index < -0.39 is 0 Å². The van der Waals surface area contributed by atoms with Gasteiger partial charge in [0.25, 0.3) is 0 Å². The first kappa shape index (κ1) is 17.5. The van der Waals surface area contributed by atoms with Crippen LogP contribution in [0.4, 0.5) is 17.5 Å². The van der Waals surface area contributed by atoms with E-state index in [4.69, 9.17) is 4.98 Å². The first-order valence-corrected chi connectivity index (χ1v) is 10.8. The van der Waals surface area contributed by atoms with E-state index in [0.29, 0.717) is 12.0 Å². The molecule has 30 heavy (non-hydrogen) atoms. The summed E-state index contributed by atoms with van der Waals surface area (Å²) in [6, 6.07) is 15.4. The number of nitrogens with zero attached hydrogens (tertiary/aromatic N) is 3. The normalized spacial score (nSPS) is 16.8. The van der Waals surface area contributed by atoms with Gasteiger partial charge in [0, 0.05) is 51.8 Å². The summed E-state index contributed by atoms with van der Waals surface area (Å²) in [5.41, 5.74) is 5.73. The van der Waals surface area contributed by atoms with Gasteiger partial charge in [-0.05, 0) is 49.6 Å². The summed E-state index contributed by atoms with van der Waals surface area (Å²) < 4.78 is 0. The molecule has 0 amide bonds. The topological polar surface area (TPSA) is 56.8 Å². The molecule has 0 atom stereocenters. The van der Waals surface area contributed by atoms with Crippen LogP contribution < -0.4 is 10.2 Å². The number of rotatable bonds is 3. The van der Waals surface area contributed by atoms with Gasteiger partial charge in [-0.2, -0.15) is 4.98 Å². The zero-order valence-corrected chi connectivity index (χ0v) is 17.2. The van der Waals surface area contributed by atoms with E-state index >= 15 is 0 Å². The average molecular weight is 396 g/mol. The minimum Gasteiger partial charge on any atom is -0.355 e. The molecule has 3 heterocycles. The Kier molecular flexibility index (Phi) is 4.01. The highest BCUT2D eigenvalue weighted by Gasteiger charge is 2.28. The maximum atomic E-state index is 4.97. The molecular weight excluding hydrogens is 370 g/mol. The summed E-state index contributed by atoms with van der Waals surface area (Å²) in [4.78, 5) is 15.6. The van der Waals surface area contributed by atoms with Gasteiger partial charge in [-0.25, -0.2) is 4.98 Å². The second-order valence-corrected chi connectivity index (χ2v) is 8.46. The predicted molar refractivity (Wildman–Crippen MR) is 124 cm³/mol. The van der Waals surface area contributed by atoms with Gasteiger partial charge >= 0.3 is 0 Å². The fraction of sp³-hybridized carbons (Fsp3) is 0.280. The number of para-hydroxylation sites is 1. The third kappa shape index (κ3) is 2.84. The first-order chi connectivity index (χ1) is 14.8. The van der Waals surface area contributed by atoms with Crippen LogP contribution in [0.2, 0.25) is 0 Å². The molecule has 6 rings (SSSR count). The summed E-state index contributed by atoms with van der Waals surface area (Å²) in [7, 11) is 0. The van der Waals surface area contributed by atoms with E-state index in [1.807, 2.05) is 6.20 Å². The van der Waals surface area contributed by atoms with Crippen molar-refractivity contribution in [2.75, 3.05) is 16.8 Å². The molecule has 2 N–H and O–H groups in total. The fourth-order valence-corrected chi connectivity index (χ4v) is 4.95. The second-order valence-electron chi connectivity index (χ2n) is 8.46. The van der Waals surface area contributed by atoms with Crippen LogP contribution in [0.15, 0.2) is 54.7 Å². The van der Waals surface area contributed by atoms with Crippen molar-refractivity contribution in [2.24, 2.45) is 0 Å². The Bertz CT molecular complexity index is 1280. The molecule has 2 aliphatic rings.